The van der Waals surface area contributed by atoms with Gasteiger partial charge in [-0.3, -0.25) is 0 Å². The fourth-order valence-electron chi connectivity index (χ4n) is 3.83. The summed E-state index contributed by atoms with van der Waals surface area (Å²) in [5, 5.41) is 0. The van der Waals surface area contributed by atoms with Crippen LogP contribution in [0.25, 0.3) is 0 Å². The van der Waals surface area contributed by atoms with E-state index in [0.29, 0.717) is 17.4 Å². The molecule has 0 aromatic heterocycles. The molecule has 2 saturated carbocycles. The van der Waals surface area contributed by atoms with Crippen molar-refractivity contribution in [1.29, 1.82) is 0 Å². The van der Waals surface area contributed by atoms with Gasteiger partial charge >= 0.3 is 0 Å². The highest BCUT2D eigenvalue weighted by molar-refractivity contribution is 4.94. The van der Waals surface area contributed by atoms with E-state index in [0.717, 1.165) is 11.8 Å². The van der Waals surface area contributed by atoms with Gasteiger partial charge in [-0.05, 0) is 55.9 Å². The van der Waals surface area contributed by atoms with E-state index in [4.69, 9.17) is 5.73 Å². The van der Waals surface area contributed by atoms with E-state index < -0.39 is 0 Å². The Kier molecular flexibility index (Phi) is 4.38. The lowest BCUT2D eigenvalue weighted by molar-refractivity contribution is 0.0284. The van der Waals surface area contributed by atoms with Crippen molar-refractivity contribution in [1.82, 2.24) is 4.90 Å². The van der Waals surface area contributed by atoms with Crippen LogP contribution in [0.15, 0.2) is 0 Å². The molecule has 3 atom stereocenters. The van der Waals surface area contributed by atoms with E-state index in [9.17, 15) is 0 Å². The van der Waals surface area contributed by atoms with Crippen molar-refractivity contribution in [3.63, 3.8) is 0 Å². The molecule has 0 aromatic rings. The standard InChI is InChI=1S/C16H32N2/c1-12-15(17)9-8-14(16(12,2)3)11-18(4)10-13-6-5-7-13/h12-15H,5-11,17H2,1-4H3. The fraction of sp³-hybridized carbons (Fsp3) is 1.00. The highest BCUT2D eigenvalue weighted by Crippen LogP contribution is 2.44. The van der Waals surface area contributed by atoms with Crippen LogP contribution in [0.3, 0.4) is 0 Å². The maximum absolute atomic E-state index is 6.24. The van der Waals surface area contributed by atoms with E-state index >= 15 is 0 Å². The van der Waals surface area contributed by atoms with Gasteiger partial charge in [0.05, 0.1) is 0 Å². The second-order valence-corrected chi connectivity index (χ2v) is 7.57. The lowest BCUT2D eigenvalue weighted by atomic mass is 9.61. The smallest absolute Gasteiger partial charge is 0.00698 e. The average molecular weight is 252 g/mol. The van der Waals surface area contributed by atoms with Crippen molar-refractivity contribution in [3.05, 3.63) is 0 Å². The molecule has 2 rings (SSSR count). The van der Waals surface area contributed by atoms with Gasteiger partial charge in [0, 0.05) is 19.1 Å². The maximum atomic E-state index is 6.24. The summed E-state index contributed by atoms with van der Waals surface area (Å²) in [6.45, 7) is 9.79. The molecule has 0 amide bonds. The van der Waals surface area contributed by atoms with Crippen molar-refractivity contribution in [2.75, 3.05) is 20.1 Å². The highest BCUT2D eigenvalue weighted by atomic mass is 15.1. The van der Waals surface area contributed by atoms with Gasteiger partial charge in [0.15, 0.2) is 0 Å². The molecule has 2 aliphatic carbocycles. The Morgan fingerprint density at radius 1 is 1.11 bits per heavy atom. The zero-order chi connectivity index (χ0) is 13.3. The summed E-state index contributed by atoms with van der Waals surface area (Å²) >= 11 is 0. The van der Waals surface area contributed by atoms with Crippen molar-refractivity contribution in [2.24, 2.45) is 28.9 Å². The summed E-state index contributed by atoms with van der Waals surface area (Å²) < 4.78 is 0. The summed E-state index contributed by atoms with van der Waals surface area (Å²) in [5.41, 5.74) is 6.64. The molecule has 2 aliphatic rings. The molecule has 2 fully saturated rings. The molecule has 0 bridgehead atoms. The Bertz CT molecular complexity index is 270. The molecule has 2 nitrogen and oxygen atoms in total. The number of rotatable bonds is 4. The van der Waals surface area contributed by atoms with Crippen LogP contribution in [-0.2, 0) is 0 Å². The van der Waals surface area contributed by atoms with Crippen molar-refractivity contribution in [2.45, 2.75) is 58.9 Å². The normalized spacial score (nSPS) is 36.7. The summed E-state index contributed by atoms with van der Waals surface area (Å²) in [5.74, 6) is 2.45. The van der Waals surface area contributed by atoms with Gasteiger partial charge < -0.3 is 10.6 Å². The molecular formula is C16H32N2. The number of nitrogens with two attached hydrogens (primary N) is 1. The second kappa shape index (κ2) is 5.50. The molecule has 18 heavy (non-hydrogen) atoms. The minimum absolute atomic E-state index is 0.394. The first-order valence-electron chi connectivity index (χ1n) is 7.85. The third kappa shape index (κ3) is 2.91. The van der Waals surface area contributed by atoms with Gasteiger partial charge in [-0.15, -0.1) is 0 Å². The third-order valence-corrected chi connectivity index (χ3v) is 6.04. The molecule has 106 valence electrons. The van der Waals surface area contributed by atoms with Crippen LogP contribution < -0.4 is 5.73 Å². The Balaban J connectivity index is 1.87. The Hall–Kier alpha value is -0.0800. The van der Waals surface area contributed by atoms with Gasteiger partial charge in [-0.1, -0.05) is 27.2 Å². The van der Waals surface area contributed by atoms with Crippen LogP contribution in [-0.4, -0.2) is 31.1 Å². The Morgan fingerprint density at radius 2 is 1.78 bits per heavy atom. The van der Waals surface area contributed by atoms with Crippen molar-refractivity contribution >= 4 is 0 Å². The monoisotopic (exact) mass is 252 g/mol. The first-order chi connectivity index (χ1) is 8.41. The predicted octanol–water partition coefficient (Wildman–Crippen LogP) is 3.12. The van der Waals surface area contributed by atoms with Gasteiger partial charge in [-0.25, -0.2) is 0 Å². The quantitative estimate of drug-likeness (QED) is 0.833. The molecule has 0 radical (unpaired) electrons. The highest BCUT2D eigenvalue weighted by Gasteiger charge is 2.41. The van der Waals surface area contributed by atoms with Crippen LogP contribution in [0.1, 0.15) is 52.9 Å². The molecule has 0 saturated heterocycles. The maximum Gasteiger partial charge on any atom is 0.00698 e. The minimum atomic E-state index is 0.394. The van der Waals surface area contributed by atoms with Crippen LogP contribution >= 0.6 is 0 Å². The molecule has 0 spiro atoms. The van der Waals surface area contributed by atoms with Gasteiger partial charge in [-0.2, -0.15) is 0 Å². The summed E-state index contributed by atoms with van der Waals surface area (Å²) in [6, 6.07) is 0.410. The van der Waals surface area contributed by atoms with Gasteiger partial charge in [0.25, 0.3) is 0 Å². The zero-order valence-corrected chi connectivity index (χ0v) is 12.8. The zero-order valence-electron chi connectivity index (χ0n) is 12.8. The third-order valence-electron chi connectivity index (χ3n) is 6.04. The Morgan fingerprint density at radius 3 is 2.33 bits per heavy atom. The lowest BCUT2D eigenvalue weighted by Gasteiger charge is -2.48. The fourth-order valence-corrected chi connectivity index (χ4v) is 3.83. The van der Waals surface area contributed by atoms with E-state index in [1.54, 1.807) is 0 Å². The second-order valence-electron chi connectivity index (χ2n) is 7.57. The first kappa shape index (κ1) is 14.3. The molecule has 2 N–H and O–H groups in total. The first-order valence-corrected chi connectivity index (χ1v) is 7.85. The number of nitrogens with zero attached hydrogens (tertiary/aromatic N) is 1. The van der Waals surface area contributed by atoms with Gasteiger partial charge in [0.1, 0.15) is 0 Å². The molecular weight excluding hydrogens is 220 g/mol. The van der Waals surface area contributed by atoms with E-state index in [1.165, 1.54) is 45.2 Å². The molecule has 2 heteroatoms. The summed E-state index contributed by atoms with van der Waals surface area (Å²) in [4.78, 5) is 2.58. The summed E-state index contributed by atoms with van der Waals surface area (Å²) in [7, 11) is 2.31. The van der Waals surface area contributed by atoms with Gasteiger partial charge in [0.2, 0.25) is 0 Å². The van der Waals surface area contributed by atoms with E-state index in [-0.39, 0.29) is 0 Å². The summed E-state index contributed by atoms with van der Waals surface area (Å²) in [6.07, 6.45) is 6.90. The van der Waals surface area contributed by atoms with E-state index in [1.807, 2.05) is 0 Å². The minimum Gasteiger partial charge on any atom is -0.327 e. The lowest BCUT2D eigenvalue weighted by Crippen LogP contribution is -2.50. The number of hydrogen-bond donors (Lipinski definition) is 1. The largest absolute Gasteiger partial charge is 0.327 e. The van der Waals surface area contributed by atoms with Crippen molar-refractivity contribution in [3.8, 4) is 0 Å². The molecule has 0 aliphatic heterocycles. The Labute approximate surface area is 113 Å². The molecule has 0 heterocycles. The van der Waals surface area contributed by atoms with Crippen molar-refractivity contribution < 1.29 is 0 Å². The van der Waals surface area contributed by atoms with Crippen LogP contribution in [0.4, 0.5) is 0 Å². The topological polar surface area (TPSA) is 29.3 Å². The van der Waals surface area contributed by atoms with Crippen LogP contribution in [0.2, 0.25) is 0 Å². The van der Waals surface area contributed by atoms with E-state index in [2.05, 4.69) is 32.7 Å². The SMILES string of the molecule is CC1C(N)CCC(CN(C)CC2CCC2)C1(C)C. The van der Waals surface area contributed by atoms with Crippen LogP contribution in [0.5, 0.6) is 0 Å². The van der Waals surface area contributed by atoms with Crippen LogP contribution in [0, 0.1) is 23.2 Å². The predicted molar refractivity (Wildman–Crippen MR) is 78.5 cm³/mol. The number of hydrogen-bond acceptors (Lipinski definition) is 2. The average Bonchev–Trinajstić information content (AvgIpc) is 2.25. The molecule has 0 aromatic carbocycles. The molecule has 3 unspecified atom stereocenters.